The Bertz CT molecular complexity index is 597. The largest absolute Gasteiger partial charge is 0.399 e. The first kappa shape index (κ1) is 14.0. The van der Waals surface area contributed by atoms with E-state index in [1.165, 1.54) is 18.5 Å². The van der Waals surface area contributed by atoms with Gasteiger partial charge in [0, 0.05) is 18.7 Å². The highest BCUT2D eigenvalue weighted by Crippen LogP contribution is 2.16. The summed E-state index contributed by atoms with van der Waals surface area (Å²) in [4.78, 5) is 15.9. The second kappa shape index (κ2) is 6.14. The normalized spacial score (nSPS) is 10.5. The minimum Gasteiger partial charge on any atom is -0.399 e. The van der Waals surface area contributed by atoms with Gasteiger partial charge in [-0.2, -0.15) is 5.10 Å². The van der Waals surface area contributed by atoms with Gasteiger partial charge in [-0.3, -0.25) is 9.89 Å². The molecule has 1 aromatic heterocycles. The number of benzene rings is 1. The smallest absolute Gasteiger partial charge is 0.254 e. The molecule has 6 nitrogen and oxygen atoms in total. The Morgan fingerprint density at radius 3 is 3.00 bits per heavy atom. The van der Waals surface area contributed by atoms with Crippen molar-refractivity contribution in [3.05, 3.63) is 41.2 Å². The SMILES string of the molecule is Cc1cc(N)cc(C(=O)NCCCc2ncn[nH]2)c1F. The van der Waals surface area contributed by atoms with Crippen LogP contribution >= 0.6 is 0 Å². The van der Waals surface area contributed by atoms with E-state index in [9.17, 15) is 9.18 Å². The number of rotatable bonds is 5. The van der Waals surface area contributed by atoms with E-state index in [2.05, 4.69) is 20.5 Å². The van der Waals surface area contributed by atoms with Crippen LogP contribution in [0.3, 0.4) is 0 Å². The van der Waals surface area contributed by atoms with E-state index in [-0.39, 0.29) is 5.56 Å². The third-order valence-electron chi connectivity index (χ3n) is 2.86. The monoisotopic (exact) mass is 277 g/mol. The van der Waals surface area contributed by atoms with Crippen LogP contribution in [0.2, 0.25) is 0 Å². The zero-order valence-electron chi connectivity index (χ0n) is 11.1. The van der Waals surface area contributed by atoms with E-state index in [0.29, 0.717) is 30.6 Å². The van der Waals surface area contributed by atoms with Crippen LogP contribution in [0.15, 0.2) is 18.5 Å². The molecule has 0 aliphatic heterocycles. The number of aromatic amines is 1. The molecular formula is C13H16FN5O. The fourth-order valence-electron chi connectivity index (χ4n) is 1.87. The fourth-order valence-corrected chi connectivity index (χ4v) is 1.87. The quantitative estimate of drug-likeness (QED) is 0.565. The Morgan fingerprint density at radius 2 is 2.30 bits per heavy atom. The molecule has 7 heteroatoms. The average Bonchev–Trinajstić information content (AvgIpc) is 2.91. The minimum atomic E-state index is -0.535. The molecule has 1 heterocycles. The van der Waals surface area contributed by atoms with Crippen molar-refractivity contribution in [1.82, 2.24) is 20.5 Å². The lowest BCUT2D eigenvalue weighted by Crippen LogP contribution is -2.26. The van der Waals surface area contributed by atoms with E-state index >= 15 is 0 Å². The van der Waals surface area contributed by atoms with Crippen LogP contribution in [-0.2, 0) is 6.42 Å². The number of nitrogen functional groups attached to an aromatic ring is 1. The summed E-state index contributed by atoms with van der Waals surface area (Å²) in [6.07, 6.45) is 2.78. The highest BCUT2D eigenvalue weighted by molar-refractivity contribution is 5.95. The number of aryl methyl sites for hydroxylation is 2. The first-order valence-electron chi connectivity index (χ1n) is 6.26. The van der Waals surface area contributed by atoms with Gasteiger partial charge >= 0.3 is 0 Å². The van der Waals surface area contributed by atoms with Crippen LogP contribution < -0.4 is 11.1 Å². The molecule has 1 aromatic carbocycles. The lowest BCUT2D eigenvalue weighted by molar-refractivity contribution is 0.0949. The maximum Gasteiger partial charge on any atom is 0.254 e. The van der Waals surface area contributed by atoms with E-state index in [4.69, 9.17) is 5.73 Å². The number of nitrogens with zero attached hydrogens (tertiary/aromatic N) is 2. The molecule has 0 aliphatic rings. The molecule has 0 saturated heterocycles. The number of amides is 1. The number of hydrogen-bond acceptors (Lipinski definition) is 4. The maximum absolute atomic E-state index is 13.8. The topological polar surface area (TPSA) is 96.7 Å². The molecular weight excluding hydrogens is 261 g/mol. The molecule has 20 heavy (non-hydrogen) atoms. The standard InChI is InChI=1S/C13H16FN5O/c1-8-5-9(15)6-10(12(8)14)13(20)16-4-2-3-11-17-7-18-19-11/h5-7H,2-4,15H2,1H3,(H,16,20)(H,17,18,19). The summed E-state index contributed by atoms with van der Waals surface area (Å²) in [5.41, 5.74) is 6.32. The second-order valence-electron chi connectivity index (χ2n) is 4.49. The molecule has 0 fully saturated rings. The van der Waals surface area contributed by atoms with Gasteiger partial charge in [-0.15, -0.1) is 0 Å². The molecule has 4 N–H and O–H groups in total. The van der Waals surface area contributed by atoms with E-state index in [1.807, 2.05) is 0 Å². The average molecular weight is 277 g/mol. The number of hydrogen-bond donors (Lipinski definition) is 3. The van der Waals surface area contributed by atoms with Crippen molar-refractivity contribution >= 4 is 11.6 Å². The van der Waals surface area contributed by atoms with Crippen LogP contribution in [0.25, 0.3) is 0 Å². The summed E-state index contributed by atoms with van der Waals surface area (Å²) in [5, 5.41) is 9.12. The van der Waals surface area contributed by atoms with E-state index in [0.717, 1.165) is 5.82 Å². The first-order chi connectivity index (χ1) is 9.58. The van der Waals surface area contributed by atoms with Crippen molar-refractivity contribution in [2.45, 2.75) is 19.8 Å². The van der Waals surface area contributed by atoms with Gasteiger partial charge in [-0.1, -0.05) is 0 Å². The summed E-state index contributed by atoms with van der Waals surface area (Å²) < 4.78 is 13.8. The van der Waals surface area contributed by atoms with Crippen molar-refractivity contribution in [1.29, 1.82) is 0 Å². The van der Waals surface area contributed by atoms with Crippen molar-refractivity contribution in [2.75, 3.05) is 12.3 Å². The van der Waals surface area contributed by atoms with Crippen LogP contribution in [0.1, 0.15) is 28.2 Å². The molecule has 2 rings (SSSR count). The lowest BCUT2D eigenvalue weighted by Gasteiger charge is -2.08. The number of aromatic nitrogens is 3. The number of anilines is 1. The highest BCUT2D eigenvalue weighted by atomic mass is 19.1. The summed E-state index contributed by atoms with van der Waals surface area (Å²) >= 11 is 0. The Morgan fingerprint density at radius 1 is 1.50 bits per heavy atom. The van der Waals surface area contributed by atoms with Gasteiger partial charge in [0.2, 0.25) is 0 Å². The fraction of sp³-hybridized carbons (Fsp3) is 0.308. The third-order valence-corrected chi connectivity index (χ3v) is 2.86. The van der Waals surface area contributed by atoms with Crippen molar-refractivity contribution < 1.29 is 9.18 Å². The zero-order valence-corrected chi connectivity index (χ0v) is 11.1. The molecule has 0 radical (unpaired) electrons. The number of halogens is 1. The zero-order chi connectivity index (χ0) is 14.5. The Balaban J connectivity index is 1.89. The van der Waals surface area contributed by atoms with Gasteiger partial charge in [-0.05, 0) is 31.0 Å². The molecule has 1 amide bonds. The summed E-state index contributed by atoms with van der Waals surface area (Å²) in [6.45, 7) is 2.00. The van der Waals surface area contributed by atoms with Crippen LogP contribution in [0.5, 0.6) is 0 Å². The predicted molar refractivity (Wildman–Crippen MR) is 72.6 cm³/mol. The third kappa shape index (κ3) is 3.31. The van der Waals surface area contributed by atoms with E-state index < -0.39 is 11.7 Å². The van der Waals surface area contributed by atoms with Gasteiger partial charge in [0.15, 0.2) is 0 Å². The van der Waals surface area contributed by atoms with Gasteiger partial charge in [-0.25, -0.2) is 9.37 Å². The second-order valence-corrected chi connectivity index (χ2v) is 4.49. The molecule has 0 bridgehead atoms. The van der Waals surface area contributed by atoms with Gasteiger partial charge in [0.1, 0.15) is 18.0 Å². The van der Waals surface area contributed by atoms with E-state index in [1.54, 1.807) is 6.92 Å². The van der Waals surface area contributed by atoms with Gasteiger partial charge in [0.05, 0.1) is 5.56 Å². The number of H-pyrrole nitrogens is 1. The minimum absolute atomic E-state index is 0.0258. The maximum atomic E-state index is 13.8. The Hall–Kier alpha value is -2.44. The number of nitrogens with two attached hydrogens (primary N) is 1. The van der Waals surface area contributed by atoms with Crippen molar-refractivity contribution in [3.63, 3.8) is 0 Å². The number of carbonyl (C=O) groups excluding carboxylic acids is 1. The lowest BCUT2D eigenvalue weighted by atomic mass is 10.1. The predicted octanol–water partition coefficient (Wildman–Crippen LogP) is 1.20. The molecule has 0 atom stereocenters. The molecule has 0 saturated carbocycles. The summed E-state index contributed by atoms with van der Waals surface area (Å²) in [6, 6.07) is 2.84. The molecule has 0 unspecified atom stereocenters. The summed E-state index contributed by atoms with van der Waals surface area (Å²) in [7, 11) is 0. The van der Waals surface area contributed by atoms with Crippen LogP contribution in [0.4, 0.5) is 10.1 Å². The Kier molecular flexibility index (Phi) is 4.29. The van der Waals surface area contributed by atoms with Crippen molar-refractivity contribution in [2.24, 2.45) is 0 Å². The highest BCUT2D eigenvalue weighted by Gasteiger charge is 2.14. The van der Waals surface area contributed by atoms with Gasteiger partial charge in [0.25, 0.3) is 5.91 Å². The molecule has 106 valence electrons. The molecule has 0 spiro atoms. The van der Waals surface area contributed by atoms with Crippen LogP contribution in [-0.4, -0.2) is 27.6 Å². The first-order valence-corrected chi connectivity index (χ1v) is 6.26. The molecule has 0 aliphatic carbocycles. The number of carbonyl (C=O) groups is 1. The number of nitrogens with one attached hydrogen (secondary N) is 2. The molecule has 2 aromatic rings. The van der Waals surface area contributed by atoms with Crippen LogP contribution in [0, 0.1) is 12.7 Å². The van der Waals surface area contributed by atoms with Crippen molar-refractivity contribution in [3.8, 4) is 0 Å². The summed E-state index contributed by atoms with van der Waals surface area (Å²) in [5.74, 6) is -0.243. The Labute approximate surface area is 115 Å². The van der Waals surface area contributed by atoms with Gasteiger partial charge < -0.3 is 11.1 Å².